The highest BCUT2D eigenvalue weighted by molar-refractivity contribution is 5.95. The second-order valence-corrected chi connectivity index (χ2v) is 6.98. The Kier molecular flexibility index (Phi) is 6.70. The van der Waals surface area contributed by atoms with Crippen LogP contribution in [0, 0.1) is 23.4 Å². The molecule has 3 atom stereocenters. The molecule has 29 heavy (non-hydrogen) atoms. The molecule has 1 saturated carbocycles. The summed E-state index contributed by atoms with van der Waals surface area (Å²) in [6.07, 6.45) is 3.98. The molecule has 1 saturated heterocycles. The molecule has 2 amide bonds. The van der Waals surface area contributed by atoms with Crippen molar-refractivity contribution in [2.45, 2.75) is 37.8 Å². The maximum Gasteiger partial charge on any atom is 0.325 e. The van der Waals surface area contributed by atoms with Crippen LogP contribution in [0.4, 0.5) is 18.9 Å². The second-order valence-electron chi connectivity index (χ2n) is 6.98. The first kappa shape index (κ1) is 21.1. The summed E-state index contributed by atoms with van der Waals surface area (Å²) in [5.41, 5.74) is 5.41. The minimum Gasteiger partial charge on any atom is -0.454 e. The minimum absolute atomic E-state index is 0.107. The van der Waals surface area contributed by atoms with Crippen LogP contribution in [0.1, 0.15) is 25.7 Å². The lowest BCUT2D eigenvalue weighted by molar-refractivity contribution is -0.151. The van der Waals surface area contributed by atoms with Crippen LogP contribution in [-0.2, 0) is 19.1 Å². The molecule has 11 heteroatoms. The van der Waals surface area contributed by atoms with E-state index >= 15 is 0 Å². The van der Waals surface area contributed by atoms with Crippen molar-refractivity contribution in [2.24, 2.45) is 5.92 Å². The van der Waals surface area contributed by atoms with Crippen molar-refractivity contribution in [3.05, 3.63) is 29.6 Å². The maximum absolute atomic E-state index is 13.5. The number of carbonyl (C=O) groups excluding carboxylic acids is 3. The van der Waals surface area contributed by atoms with Crippen molar-refractivity contribution in [1.82, 2.24) is 16.2 Å². The van der Waals surface area contributed by atoms with E-state index in [9.17, 15) is 27.6 Å². The average molecular weight is 414 g/mol. The number of esters is 1. The maximum atomic E-state index is 13.5. The van der Waals surface area contributed by atoms with Crippen LogP contribution in [-0.4, -0.2) is 43.0 Å². The molecule has 0 radical (unpaired) electrons. The van der Waals surface area contributed by atoms with E-state index in [1.807, 2.05) is 5.32 Å². The fourth-order valence-corrected chi connectivity index (χ4v) is 3.55. The van der Waals surface area contributed by atoms with Crippen molar-refractivity contribution in [3.63, 3.8) is 0 Å². The molecule has 1 aromatic rings. The molecule has 2 fully saturated rings. The van der Waals surface area contributed by atoms with Gasteiger partial charge in [0.1, 0.15) is 6.04 Å². The van der Waals surface area contributed by atoms with Crippen molar-refractivity contribution < 1.29 is 32.3 Å². The molecule has 3 rings (SSSR count). The molecule has 0 bridgehead atoms. The van der Waals surface area contributed by atoms with Crippen LogP contribution in [0.2, 0.25) is 0 Å². The van der Waals surface area contributed by atoms with E-state index in [-0.39, 0.29) is 12.0 Å². The fraction of sp³-hybridized carbons (Fsp3) is 0.500. The van der Waals surface area contributed by atoms with Crippen LogP contribution in [0.25, 0.3) is 0 Å². The lowest BCUT2D eigenvalue weighted by Gasteiger charge is -2.26. The van der Waals surface area contributed by atoms with Gasteiger partial charge in [0, 0.05) is 12.0 Å². The zero-order chi connectivity index (χ0) is 21.0. The van der Waals surface area contributed by atoms with Gasteiger partial charge in [0.05, 0.1) is 12.2 Å². The Hall–Kier alpha value is -2.66. The van der Waals surface area contributed by atoms with Crippen molar-refractivity contribution in [1.29, 1.82) is 0 Å². The van der Waals surface area contributed by atoms with Gasteiger partial charge in [0.25, 0.3) is 5.91 Å². The van der Waals surface area contributed by atoms with E-state index in [0.29, 0.717) is 6.07 Å². The summed E-state index contributed by atoms with van der Waals surface area (Å²) in [6, 6.07) is 1.19. The van der Waals surface area contributed by atoms with E-state index in [0.717, 1.165) is 31.7 Å². The van der Waals surface area contributed by atoms with E-state index in [4.69, 9.17) is 4.74 Å². The van der Waals surface area contributed by atoms with Crippen molar-refractivity contribution in [2.75, 3.05) is 18.5 Å². The van der Waals surface area contributed by atoms with Crippen LogP contribution in [0.3, 0.4) is 0 Å². The number of carbonyl (C=O) groups is 3. The molecule has 3 unspecified atom stereocenters. The topological polar surface area (TPSA) is 109 Å². The predicted octanol–water partition coefficient (Wildman–Crippen LogP) is 0.737. The van der Waals surface area contributed by atoms with Gasteiger partial charge >= 0.3 is 5.97 Å². The van der Waals surface area contributed by atoms with E-state index < -0.39 is 60.1 Å². The number of ether oxygens (including phenoxy) is 1. The number of hydrazine groups is 1. The summed E-state index contributed by atoms with van der Waals surface area (Å²) < 4.78 is 44.5. The van der Waals surface area contributed by atoms with Gasteiger partial charge in [-0.05, 0) is 25.0 Å². The molecule has 8 nitrogen and oxygen atoms in total. The normalized spacial score (nSPS) is 23.2. The van der Waals surface area contributed by atoms with Gasteiger partial charge in [0.15, 0.2) is 24.1 Å². The number of hydrogen-bond acceptors (Lipinski definition) is 6. The Morgan fingerprint density at radius 3 is 2.59 bits per heavy atom. The molecular weight excluding hydrogens is 393 g/mol. The third kappa shape index (κ3) is 5.04. The Labute approximate surface area is 164 Å². The zero-order valence-electron chi connectivity index (χ0n) is 15.4. The minimum atomic E-state index is -1.71. The Bertz CT molecular complexity index is 808. The lowest BCUT2D eigenvalue weighted by atomic mass is 9.82. The molecule has 1 aliphatic carbocycles. The Morgan fingerprint density at radius 2 is 1.79 bits per heavy atom. The fourth-order valence-electron chi connectivity index (χ4n) is 3.55. The van der Waals surface area contributed by atoms with Gasteiger partial charge in [-0.15, -0.1) is 0 Å². The van der Waals surface area contributed by atoms with Crippen LogP contribution in [0.5, 0.6) is 0 Å². The molecule has 1 heterocycles. The van der Waals surface area contributed by atoms with Crippen LogP contribution >= 0.6 is 0 Å². The molecule has 4 N–H and O–H groups in total. The number of halogens is 3. The van der Waals surface area contributed by atoms with E-state index in [1.165, 1.54) is 0 Å². The van der Waals surface area contributed by atoms with Gasteiger partial charge in [-0.25, -0.2) is 18.6 Å². The number of fused-ring (bicyclic) bond motifs is 1. The number of anilines is 1. The highest BCUT2D eigenvalue weighted by atomic mass is 19.2. The Morgan fingerprint density at radius 1 is 1.03 bits per heavy atom. The molecule has 1 aromatic carbocycles. The largest absolute Gasteiger partial charge is 0.454 e. The molecule has 0 spiro atoms. The van der Waals surface area contributed by atoms with Crippen LogP contribution in [0.15, 0.2) is 12.1 Å². The highest BCUT2D eigenvalue weighted by Gasteiger charge is 2.42. The molecular formula is C18H21F3N4O4. The third-order valence-corrected chi connectivity index (χ3v) is 5.03. The van der Waals surface area contributed by atoms with Crippen molar-refractivity contribution >= 4 is 23.5 Å². The number of nitrogens with one attached hydrogen (secondary N) is 4. The lowest BCUT2D eigenvalue weighted by Crippen LogP contribution is -2.42. The molecule has 1 aliphatic heterocycles. The quantitative estimate of drug-likeness (QED) is 0.404. The molecule has 0 aromatic heterocycles. The van der Waals surface area contributed by atoms with E-state index in [1.54, 1.807) is 0 Å². The van der Waals surface area contributed by atoms with Gasteiger partial charge in [-0.1, -0.05) is 12.8 Å². The summed E-state index contributed by atoms with van der Waals surface area (Å²) in [6.45, 7) is -1.15. The highest BCUT2D eigenvalue weighted by Crippen LogP contribution is 2.30. The van der Waals surface area contributed by atoms with Crippen LogP contribution < -0.4 is 21.5 Å². The predicted molar refractivity (Wildman–Crippen MR) is 94.7 cm³/mol. The van der Waals surface area contributed by atoms with Gasteiger partial charge in [0.2, 0.25) is 5.91 Å². The van der Waals surface area contributed by atoms with E-state index in [2.05, 4.69) is 16.2 Å². The SMILES string of the molecule is O=C(COC(=O)C1NNC2CCCCC21)NCC(=O)Nc1ccc(F)c(F)c1F. The van der Waals surface area contributed by atoms with Gasteiger partial charge in [-0.3, -0.25) is 19.8 Å². The van der Waals surface area contributed by atoms with Crippen molar-refractivity contribution in [3.8, 4) is 0 Å². The second kappa shape index (κ2) is 9.23. The summed E-state index contributed by atoms with van der Waals surface area (Å²) in [5.74, 6) is -6.69. The summed E-state index contributed by atoms with van der Waals surface area (Å²) in [5, 5.41) is 4.21. The summed E-state index contributed by atoms with van der Waals surface area (Å²) in [7, 11) is 0. The first-order valence-corrected chi connectivity index (χ1v) is 9.24. The first-order chi connectivity index (χ1) is 13.9. The smallest absolute Gasteiger partial charge is 0.325 e. The number of benzene rings is 1. The first-order valence-electron chi connectivity index (χ1n) is 9.24. The molecule has 158 valence electrons. The Balaban J connectivity index is 1.40. The monoisotopic (exact) mass is 414 g/mol. The molecule has 2 aliphatic rings. The summed E-state index contributed by atoms with van der Waals surface area (Å²) in [4.78, 5) is 35.7. The number of rotatable bonds is 6. The standard InChI is InChI=1S/C18H21F3N4O4/c19-10-5-6-12(16(21)15(10)20)23-13(26)7-22-14(27)8-29-18(28)17-9-3-1-2-4-11(9)24-25-17/h5-6,9,11,17,24-25H,1-4,7-8H2,(H,22,27)(H,23,26). The summed E-state index contributed by atoms with van der Waals surface area (Å²) >= 11 is 0. The number of amides is 2. The van der Waals surface area contributed by atoms with Gasteiger partial charge in [-0.2, -0.15) is 0 Å². The average Bonchev–Trinajstić information content (AvgIpc) is 3.15. The zero-order valence-corrected chi connectivity index (χ0v) is 15.4. The van der Waals surface area contributed by atoms with Gasteiger partial charge < -0.3 is 15.4 Å². The third-order valence-electron chi connectivity index (χ3n) is 5.03. The number of hydrogen-bond donors (Lipinski definition) is 4.